The summed E-state index contributed by atoms with van der Waals surface area (Å²) in [5.74, 6) is 3.83. The number of fused-ring (bicyclic) bond motifs is 2. The Balaban J connectivity index is 2.12. The minimum atomic E-state index is 0.264. The number of terminal acetylenes is 1. The highest BCUT2D eigenvalue weighted by Gasteiger charge is 2.59. The van der Waals surface area contributed by atoms with Crippen molar-refractivity contribution in [1.29, 1.82) is 0 Å². The Bertz CT molecular complexity index is 320. The molecular weight excluding hydrogens is 206 g/mol. The zero-order chi connectivity index (χ0) is 12.7. The Labute approximate surface area is 107 Å². The molecule has 0 aromatic heterocycles. The molecule has 2 rings (SSSR count). The van der Waals surface area contributed by atoms with Gasteiger partial charge in [-0.25, -0.2) is 0 Å². The van der Waals surface area contributed by atoms with E-state index in [-0.39, 0.29) is 6.04 Å². The van der Waals surface area contributed by atoms with E-state index in [9.17, 15) is 0 Å². The molecule has 0 aliphatic heterocycles. The molecule has 0 spiro atoms. The van der Waals surface area contributed by atoms with Gasteiger partial charge in [0.05, 0.1) is 6.04 Å². The van der Waals surface area contributed by atoms with Gasteiger partial charge in [0.2, 0.25) is 0 Å². The van der Waals surface area contributed by atoms with Crippen molar-refractivity contribution in [2.45, 2.75) is 71.9 Å². The van der Waals surface area contributed by atoms with Crippen molar-refractivity contribution in [3.8, 4) is 12.3 Å². The van der Waals surface area contributed by atoms with E-state index < -0.39 is 0 Å². The fourth-order valence-corrected chi connectivity index (χ4v) is 4.42. The van der Waals surface area contributed by atoms with E-state index in [1.807, 2.05) is 0 Å². The first-order valence-corrected chi connectivity index (χ1v) is 7.16. The normalized spacial score (nSPS) is 40.2. The van der Waals surface area contributed by atoms with Crippen LogP contribution in [0.5, 0.6) is 0 Å². The number of hydrogen-bond donors (Lipinski definition) is 1. The highest BCUT2D eigenvalue weighted by atomic mass is 15.0. The van der Waals surface area contributed by atoms with E-state index in [2.05, 4.69) is 38.9 Å². The van der Waals surface area contributed by atoms with Gasteiger partial charge in [-0.3, -0.25) is 5.32 Å². The molecule has 2 fully saturated rings. The highest BCUT2D eigenvalue weighted by Crippen LogP contribution is 2.62. The first kappa shape index (κ1) is 13.0. The Morgan fingerprint density at radius 2 is 2.12 bits per heavy atom. The second-order valence-electron chi connectivity index (χ2n) is 7.02. The predicted molar refractivity (Wildman–Crippen MR) is 73.7 cm³/mol. The maximum atomic E-state index is 5.65. The van der Waals surface area contributed by atoms with Crippen molar-refractivity contribution in [3.05, 3.63) is 0 Å². The van der Waals surface area contributed by atoms with E-state index in [0.717, 1.165) is 18.8 Å². The molecule has 17 heavy (non-hydrogen) atoms. The lowest BCUT2D eigenvalue weighted by atomic mass is 9.68. The second kappa shape index (κ2) is 4.32. The molecule has 1 nitrogen and oxygen atoms in total. The van der Waals surface area contributed by atoms with E-state index in [1.54, 1.807) is 0 Å². The van der Waals surface area contributed by atoms with Gasteiger partial charge >= 0.3 is 0 Å². The van der Waals surface area contributed by atoms with Gasteiger partial charge in [-0.15, -0.1) is 6.42 Å². The molecule has 2 aliphatic rings. The molecule has 2 saturated carbocycles. The SMILES string of the molecule is C#CC(CCC)NC1C(C)(C)[C@H]2CC[C@]1(C)C2. The molecule has 0 amide bonds. The van der Waals surface area contributed by atoms with Crippen LogP contribution in [0, 0.1) is 29.1 Å². The van der Waals surface area contributed by atoms with Crippen LogP contribution < -0.4 is 5.32 Å². The lowest BCUT2D eigenvalue weighted by Crippen LogP contribution is -2.53. The van der Waals surface area contributed by atoms with Gasteiger partial charge in [-0.1, -0.05) is 40.0 Å². The lowest BCUT2D eigenvalue weighted by Gasteiger charge is -2.44. The summed E-state index contributed by atoms with van der Waals surface area (Å²) < 4.78 is 0. The first-order valence-electron chi connectivity index (χ1n) is 7.16. The summed E-state index contributed by atoms with van der Waals surface area (Å²) in [7, 11) is 0. The first-order chi connectivity index (χ1) is 7.94. The third kappa shape index (κ3) is 2.02. The van der Waals surface area contributed by atoms with Gasteiger partial charge < -0.3 is 0 Å². The molecule has 2 aliphatic carbocycles. The molecule has 2 unspecified atom stereocenters. The van der Waals surface area contributed by atoms with E-state index >= 15 is 0 Å². The van der Waals surface area contributed by atoms with Crippen molar-refractivity contribution >= 4 is 0 Å². The van der Waals surface area contributed by atoms with Crippen molar-refractivity contribution in [2.75, 3.05) is 0 Å². The van der Waals surface area contributed by atoms with E-state index in [4.69, 9.17) is 6.42 Å². The smallest absolute Gasteiger partial charge is 0.0689 e. The van der Waals surface area contributed by atoms with Crippen LogP contribution in [0.4, 0.5) is 0 Å². The molecule has 0 aromatic rings. The van der Waals surface area contributed by atoms with Crippen molar-refractivity contribution in [2.24, 2.45) is 16.7 Å². The minimum absolute atomic E-state index is 0.264. The average Bonchev–Trinajstić information content (AvgIpc) is 2.74. The van der Waals surface area contributed by atoms with Crippen LogP contribution in [0.2, 0.25) is 0 Å². The zero-order valence-electron chi connectivity index (χ0n) is 11.8. The summed E-state index contributed by atoms with van der Waals surface area (Å²) in [6, 6.07) is 0.863. The Morgan fingerprint density at radius 1 is 1.41 bits per heavy atom. The largest absolute Gasteiger partial charge is 0.300 e. The molecule has 2 bridgehead atoms. The monoisotopic (exact) mass is 233 g/mol. The fraction of sp³-hybridized carbons (Fsp3) is 0.875. The molecule has 0 saturated heterocycles. The van der Waals surface area contributed by atoms with Gasteiger partial charge in [-0.05, 0) is 42.4 Å². The molecule has 0 radical (unpaired) electrons. The molecule has 0 aromatic carbocycles. The van der Waals surface area contributed by atoms with Crippen LogP contribution in [-0.4, -0.2) is 12.1 Å². The number of rotatable bonds is 4. The molecule has 0 heterocycles. The Kier molecular flexibility index (Phi) is 3.29. The summed E-state index contributed by atoms with van der Waals surface area (Å²) in [5, 5.41) is 3.79. The molecule has 1 heteroatoms. The van der Waals surface area contributed by atoms with Crippen molar-refractivity contribution < 1.29 is 0 Å². The van der Waals surface area contributed by atoms with Crippen molar-refractivity contribution in [1.82, 2.24) is 5.32 Å². The molecule has 4 atom stereocenters. The molecular formula is C16H27N. The Morgan fingerprint density at radius 3 is 2.59 bits per heavy atom. The summed E-state index contributed by atoms with van der Waals surface area (Å²) in [4.78, 5) is 0. The highest BCUT2D eigenvalue weighted by molar-refractivity contribution is 5.14. The van der Waals surface area contributed by atoms with Crippen LogP contribution >= 0.6 is 0 Å². The maximum absolute atomic E-state index is 5.65. The lowest BCUT2D eigenvalue weighted by molar-refractivity contribution is 0.103. The molecule has 96 valence electrons. The quantitative estimate of drug-likeness (QED) is 0.732. The van der Waals surface area contributed by atoms with Crippen LogP contribution in [0.15, 0.2) is 0 Å². The summed E-state index contributed by atoms with van der Waals surface area (Å²) in [6.45, 7) is 9.52. The van der Waals surface area contributed by atoms with Crippen LogP contribution in [0.3, 0.4) is 0 Å². The van der Waals surface area contributed by atoms with E-state index in [1.165, 1.54) is 19.3 Å². The average molecular weight is 233 g/mol. The van der Waals surface area contributed by atoms with Gasteiger partial charge in [0.15, 0.2) is 0 Å². The fourth-order valence-electron chi connectivity index (χ4n) is 4.42. The molecule has 1 N–H and O–H groups in total. The van der Waals surface area contributed by atoms with Gasteiger partial charge in [0.1, 0.15) is 0 Å². The summed E-state index contributed by atoms with van der Waals surface area (Å²) in [6.07, 6.45) is 12.1. The van der Waals surface area contributed by atoms with Crippen LogP contribution in [0.1, 0.15) is 59.8 Å². The third-order valence-corrected chi connectivity index (χ3v) is 5.42. The second-order valence-corrected chi connectivity index (χ2v) is 7.02. The van der Waals surface area contributed by atoms with Gasteiger partial charge in [-0.2, -0.15) is 0 Å². The summed E-state index contributed by atoms with van der Waals surface area (Å²) >= 11 is 0. The standard InChI is InChI=1S/C16H27N/c1-6-8-13(7-2)17-14-15(3,4)12-9-10-16(14,5)11-12/h2,12-14,17H,6,8-11H2,1,3-5H3/t12-,13?,14?,16+/m0/s1. The maximum Gasteiger partial charge on any atom is 0.0689 e. The zero-order valence-corrected chi connectivity index (χ0v) is 11.8. The third-order valence-electron chi connectivity index (χ3n) is 5.42. The minimum Gasteiger partial charge on any atom is -0.300 e. The van der Waals surface area contributed by atoms with E-state index in [0.29, 0.717) is 16.9 Å². The van der Waals surface area contributed by atoms with Crippen LogP contribution in [-0.2, 0) is 0 Å². The van der Waals surface area contributed by atoms with Gasteiger partial charge in [0.25, 0.3) is 0 Å². The topological polar surface area (TPSA) is 12.0 Å². The van der Waals surface area contributed by atoms with Gasteiger partial charge in [0, 0.05) is 6.04 Å². The Hall–Kier alpha value is -0.480. The van der Waals surface area contributed by atoms with Crippen molar-refractivity contribution in [3.63, 3.8) is 0 Å². The summed E-state index contributed by atoms with van der Waals surface area (Å²) in [5.41, 5.74) is 0.896. The number of nitrogens with one attached hydrogen (secondary N) is 1. The van der Waals surface area contributed by atoms with Crippen LogP contribution in [0.25, 0.3) is 0 Å². The number of hydrogen-bond acceptors (Lipinski definition) is 1. The predicted octanol–water partition coefficient (Wildman–Crippen LogP) is 3.59.